The summed E-state index contributed by atoms with van der Waals surface area (Å²) in [6.45, 7) is 0.650. The minimum atomic E-state index is -0.336. The molecule has 24 heavy (non-hydrogen) atoms. The fourth-order valence-corrected chi connectivity index (χ4v) is 3.80. The molecule has 3 heteroatoms. The molecule has 0 bridgehead atoms. The lowest BCUT2D eigenvalue weighted by molar-refractivity contribution is 0.165. The van der Waals surface area contributed by atoms with Gasteiger partial charge in [-0.2, -0.15) is 0 Å². The lowest BCUT2D eigenvalue weighted by atomic mass is 9.91. The van der Waals surface area contributed by atoms with E-state index in [0.717, 1.165) is 19.3 Å². The van der Waals surface area contributed by atoms with Gasteiger partial charge >= 0.3 is 0 Å². The highest BCUT2D eigenvalue weighted by atomic mass is 16.3. The molecule has 1 aliphatic carbocycles. The maximum Gasteiger partial charge on any atom is 0.0704 e. The third-order valence-electron chi connectivity index (χ3n) is 5.05. The average Bonchev–Trinajstić information content (AvgIpc) is 2.99. The number of aromatic nitrogens is 1. The number of hydrogen-bond acceptors (Lipinski definition) is 2. The first-order valence-electron chi connectivity index (χ1n) is 8.83. The number of para-hydroxylation sites is 1. The molecule has 124 valence electrons. The van der Waals surface area contributed by atoms with E-state index in [1.807, 2.05) is 18.2 Å². The summed E-state index contributed by atoms with van der Waals surface area (Å²) in [6, 6.07) is 19.2. The molecule has 0 aliphatic heterocycles. The zero-order valence-corrected chi connectivity index (χ0v) is 13.8. The Bertz CT molecular complexity index is 809. The van der Waals surface area contributed by atoms with E-state index < -0.39 is 0 Å². The van der Waals surface area contributed by atoms with Crippen LogP contribution in [0.1, 0.15) is 23.2 Å². The van der Waals surface area contributed by atoms with Crippen LogP contribution in [0.25, 0.3) is 10.9 Å². The largest absolute Gasteiger partial charge is 0.391 e. The Balaban J connectivity index is 1.37. The summed E-state index contributed by atoms with van der Waals surface area (Å²) in [6.07, 6.45) is 3.61. The molecule has 1 aromatic heterocycles. The second-order valence-electron chi connectivity index (χ2n) is 6.82. The summed E-state index contributed by atoms with van der Waals surface area (Å²) in [4.78, 5) is 3.56. The first-order chi connectivity index (χ1) is 11.8. The van der Waals surface area contributed by atoms with Crippen molar-refractivity contribution in [3.05, 3.63) is 71.4 Å². The zero-order chi connectivity index (χ0) is 16.4. The van der Waals surface area contributed by atoms with Crippen molar-refractivity contribution in [1.82, 2.24) is 10.3 Å². The second-order valence-corrected chi connectivity index (χ2v) is 6.82. The number of aryl methyl sites for hydroxylation is 1. The summed E-state index contributed by atoms with van der Waals surface area (Å²) < 4.78 is 0. The Labute approximate surface area is 142 Å². The molecule has 3 nitrogen and oxygen atoms in total. The van der Waals surface area contributed by atoms with Crippen LogP contribution in [0.4, 0.5) is 0 Å². The van der Waals surface area contributed by atoms with Crippen LogP contribution >= 0.6 is 0 Å². The molecule has 2 atom stereocenters. The number of aromatic amines is 1. The fourth-order valence-electron chi connectivity index (χ4n) is 3.80. The van der Waals surface area contributed by atoms with E-state index in [0.29, 0.717) is 19.0 Å². The van der Waals surface area contributed by atoms with E-state index in [1.165, 1.54) is 27.7 Å². The fraction of sp³-hybridized carbons (Fsp3) is 0.333. The number of H-pyrrole nitrogens is 1. The van der Waals surface area contributed by atoms with Crippen molar-refractivity contribution in [2.75, 3.05) is 6.54 Å². The quantitative estimate of drug-likeness (QED) is 0.676. The van der Waals surface area contributed by atoms with Crippen LogP contribution in [0.5, 0.6) is 0 Å². The molecule has 0 radical (unpaired) electrons. The SMILES string of the molecule is OC(CNC1CCc2[nH]c3ccccc3c2C1)Cc1ccccc1. The van der Waals surface area contributed by atoms with E-state index in [4.69, 9.17) is 0 Å². The van der Waals surface area contributed by atoms with Crippen molar-refractivity contribution in [1.29, 1.82) is 0 Å². The molecule has 3 N–H and O–H groups in total. The average molecular weight is 320 g/mol. The van der Waals surface area contributed by atoms with Crippen LogP contribution in [0.3, 0.4) is 0 Å². The van der Waals surface area contributed by atoms with E-state index in [9.17, 15) is 5.11 Å². The molecule has 0 amide bonds. The Kier molecular flexibility index (Phi) is 4.37. The lowest BCUT2D eigenvalue weighted by Crippen LogP contribution is -2.39. The Morgan fingerprint density at radius 1 is 1.08 bits per heavy atom. The Morgan fingerprint density at radius 2 is 1.88 bits per heavy atom. The molecule has 1 aliphatic rings. The van der Waals surface area contributed by atoms with Gasteiger partial charge in [0, 0.05) is 29.2 Å². The standard InChI is InChI=1S/C21H24N2O/c24-17(12-15-6-2-1-3-7-15)14-22-16-10-11-21-19(13-16)18-8-4-5-9-20(18)23-21/h1-9,16-17,22-24H,10-14H2. The van der Waals surface area contributed by atoms with Crippen LogP contribution in [-0.2, 0) is 19.3 Å². The molecule has 0 saturated carbocycles. The normalized spacial score (nSPS) is 18.5. The predicted molar refractivity (Wildman–Crippen MR) is 98.3 cm³/mol. The van der Waals surface area contributed by atoms with E-state index >= 15 is 0 Å². The smallest absolute Gasteiger partial charge is 0.0704 e. The molecular formula is C21H24N2O. The molecule has 2 unspecified atom stereocenters. The highest BCUT2D eigenvalue weighted by Crippen LogP contribution is 2.29. The van der Waals surface area contributed by atoms with E-state index in [2.05, 4.69) is 46.7 Å². The number of aliphatic hydroxyl groups excluding tert-OH is 1. The van der Waals surface area contributed by atoms with Crippen LogP contribution < -0.4 is 5.32 Å². The summed E-state index contributed by atoms with van der Waals surface area (Å²) in [5.41, 5.74) is 5.27. The Hall–Kier alpha value is -2.10. The van der Waals surface area contributed by atoms with Crippen LogP contribution in [0, 0.1) is 0 Å². The van der Waals surface area contributed by atoms with Crippen LogP contribution in [-0.4, -0.2) is 28.8 Å². The topological polar surface area (TPSA) is 48.0 Å². The minimum absolute atomic E-state index is 0.336. The Morgan fingerprint density at radius 3 is 2.75 bits per heavy atom. The van der Waals surface area contributed by atoms with Gasteiger partial charge in [0.25, 0.3) is 0 Å². The van der Waals surface area contributed by atoms with Crippen molar-refractivity contribution >= 4 is 10.9 Å². The number of nitrogens with one attached hydrogen (secondary N) is 2. The van der Waals surface area contributed by atoms with Gasteiger partial charge in [-0.25, -0.2) is 0 Å². The summed E-state index contributed by atoms with van der Waals surface area (Å²) in [7, 11) is 0. The van der Waals surface area contributed by atoms with Gasteiger partial charge in [0.1, 0.15) is 0 Å². The van der Waals surface area contributed by atoms with Gasteiger partial charge in [0.05, 0.1) is 6.10 Å². The minimum Gasteiger partial charge on any atom is -0.391 e. The van der Waals surface area contributed by atoms with E-state index in [1.54, 1.807) is 0 Å². The molecule has 1 heterocycles. The van der Waals surface area contributed by atoms with E-state index in [-0.39, 0.29) is 6.10 Å². The predicted octanol–water partition coefficient (Wildman–Crippen LogP) is 3.22. The monoisotopic (exact) mass is 320 g/mol. The molecule has 0 saturated heterocycles. The third-order valence-corrected chi connectivity index (χ3v) is 5.05. The van der Waals surface area contributed by atoms with Gasteiger partial charge in [-0.05, 0) is 42.9 Å². The van der Waals surface area contributed by atoms with Crippen molar-refractivity contribution in [2.24, 2.45) is 0 Å². The number of aliphatic hydroxyl groups is 1. The summed E-state index contributed by atoms with van der Waals surface area (Å²) in [5, 5.41) is 15.2. The van der Waals surface area contributed by atoms with Gasteiger partial charge in [-0.3, -0.25) is 0 Å². The highest BCUT2D eigenvalue weighted by molar-refractivity contribution is 5.84. The molecule has 4 rings (SSSR count). The van der Waals surface area contributed by atoms with Crippen LogP contribution in [0.15, 0.2) is 54.6 Å². The van der Waals surface area contributed by atoms with Crippen molar-refractivity contribution in [3.8, 4) is 0 Å². The number of rotatable bonds is 5. The van der Waals surface area contributed by atoms with Crippen molar-refractivity contribution in [3.63, 3.8) is 0 Å². The van der Waals surface area contributed by atoms with Crippen molar-refractivity contribution in [2.45, 2.75) is 37.8 Å². The zero-order valence-electron chi connectivity index (χ0n) is 13.8. The highest BCUT2D eigenvalue weighted by Gasteiger charge is 2.22. The second kappa shape index (κ2) is 6.80. The lowest BCUT2D eigenvalue weighted by Gasteiger charge is -2.25. The third kappa shape index (κ3) is 3.23. The maximum absolute atomic E-state index is 10.3. The van der Waals surface area contributed by atoms with Gasteiger partial charge in [0.15, 0.2) is 0 Å². The molecule has 0 fully saturated rings. The summed E-state index contributed by atoms with van der Waals surface area (Å²) in [5.74, 6) is 0. The molecule has 2 aromatic carbocycles. The molecule has 3 aromatic rings. The number of hydrogen-bond donors (Lipinski definition) is 3. The number of benzene rings is 2. The van der Waals surface area contributed by atoms with Gasteiger partial charge in [-0.1, -0.05) is 48.5 Å². The van der Waals surface area contributed by atoms with Crippen LogP contribution in [0.2, 0.25) is 0 Å². The molecule has 0 spiro atoms. The number of fused-ring (bicyclic) bond motifs is 3. The van der Waals surface area contributed by atoms with Gasteiger partial charge in [-0.15, -0.1) is 0 Å². The first kappa shape index (κ1) is 15.4. The van der Waals surface area contributed by atoms with Crippen molar-refractivity contribution < 1.29 is 5.11 Å². The van der Waals surface area contributed by atoms with Gasteiger partial charge in [0.2, 0.25) is 0 Å². The van der Waals surface area contributed by atoms with Gasteiger partial charge < -0.3 is 15.4 Å². The maximum atomic E-state index is 10.3. The molecular weight excluding hydrogens is 296 g/mol. The first-order valence-corrected chi connectivity index (χ1v) is 8.83. The summed E-state index contributed by atoms with van der Waals surface area (Å²) >= 11 is 0.